The lowest BCUT2D eigenvalue weighted by Crippen LogP contribution is -2.41. The summed E-state index contributed by atoms with van der Waals surface area (Å²) in [5, 5.41) is 8.85. The number of ether oxygens (including phenoxy) is 2. The standard InChI is InChI=1S/C22H25NO5/c24-21(23-12-10-17(11-13-23)14-22(25)26)16-28-20-8-6-19(7-9-20)27-15-18-4-2-1-3-5-18/h1-9,17H,10-16H2,(H,25,26). The van der Waals surface area contributed by atoms with E-state index in [9.17, 15) is 9.59 Å². The number of carboxylic acids is 1. The van der Waals surface area contributed by atoms with Crippen LogP contribution < -0.4 is 9.47 Å². The number of aliphatic carboxylic acids is 1. The lowest BCUT2D eigenvalue weighted by Gasteiger charge is -2.31. The van der Waals surface area contributed by atoms with Crippen LogP contribution >= 0.6 is 0 Å². The molecule has 1 heterocycles. The summed E-state index contributed by atoms with van der Waals surface area (Å²) in [7, 11) is 0. The molecule has 1 fully saturated rings. The van der Waals surface area contributed by atoms with Crippen molar-refractivity contribution >= 4 is 11.9 Å². The van der Waals surface area contributed by atoms with E-state index >= 15 is 0 Å². The van der Waals surface area contributed by atoms with Gasteiger partial charge in [-0.2, -0.15) is 0 Å². The van der Waals surface area contributed by atoms with Gasteiger partial charge in [0.25, 0.3) is 5.91 Å². The molecule has 0 radical (unpaired) electrons. The molecule has 2 aromatic rings. The van der Waals surface area contributed by atoms with Crippen molar-refractivity contribution in [2.24, 2.45) is 5.92 Å². The number of carboxylic acid groups (broad SMARTS) is 1. The third-order valence-electron chi connectivity index (χ3n) is 4.86. The number of benzene rings is 2. The quantitative estimate of drug-likeness (QED) is 0.756. The van der Waals surface area contributed by atoms with Gasteiger partial charge in [0, 0.05) is 19.5 Å². The van der Waals surface area contributed by atoms with Crippen LogP contribution in [-0.4, -0.2) is 41.6 Å². The third-order valence-corrected chi connectivity index (χ3v) is 4.86. The van der Waals surface area contributed by atoms with Crippen LogP contribution in [0.3, 0.4) is 0 Å². The molecule has 0 unspecified atom stereocenters. The second-order valence-corrected chi connectivity index (χ2v) is 6.96. The Labute approximate surface area is 164 Å². The van der Waals surface area contributed by atoms with E-state index in [0.717, 1.165) is 24.2 Å². The Balaban J connectivity index is 1.40. The number of likely N-dealkylation sites (tertiary alicyclic amines) is 1. The van der Waals surface area contributed by atoms with E-state index in [4.69, 9.17) is 14.6 Å². The molecule has 0 aliphatic carbocycles. The Morgan fingerprint density at radius 1 is 0.929 bits per heavy atom. The highest BCUT2D eigenvalue weighted by atomic mass is 16.5. The number of hydrogen-bond acceptors (Lipinski definition) is 4. The molecule has 0 bridgehead atoms. The molecule has 28 heavy (non-hydrogen) atoms. The molecule has 2 aromatic carbocycles. The molecule has 1 aliphatic rings. The van der Waals surface area contributed by atoms with Crippen molar-refractivity contribution in [1.82, 2.24) is 4.90 Å². The Bertz CT molecular complexity index is 767. The summed E-state index contributed by atoms with van der Waals surface area (Å²) in [5.74, 6) is 0.664. The first-order valence-electron chi connectivity index (χ1n) is 9.49. The first-order chi connectivity index (χ1) is 13.6. The topological polar surface area (TPSA) is 76.1 Å². The number of piperidine rings is 1. The van der Waals surface area contributed by atoms with Crippen LogP contribution in [0.2, 0.25) is 0 Å². The number of amides is 1. The fourth-order valence-corrected chi connectivity index (χ4v) is 3.24. The van der Waals surface area contributed by atoms with Crippen LogP contribution in [0.4, 0.5) is 0 Å². The van der Waals surface area contributed by atoms with Crippen LogP contribution in [0.15, 0.2) is 54.6 Å². The van der Waals surface area contributed by atoms with Crippen molar-refractivity contribution in [3.63, 3.8) is 0 Å². The van der Waals surface area contributed by atoms with Crippen LogP contribution in [-0.2, 0) is 16.2 Å². The van der Waals surface area contributed by atoms with Crippen molar-refractivity contribution < 1.29 is 24.2 Å². The first kappa shape index (κ1) is 19.7. The summed E-state index contributed by atoms with van der Waals surface area (Å²) in [4.78, 5) is 24.8. The minimum atomic E-state index is -0.774. The van der Waals surface area contributed by atoms with Crippen molar-refractivity contribution in [3.05, 3.63) is 60.2 Å². The van der Waals surface area contributed by atoms with Crippen LogP contribution in [0.25, 0.3) is 0 Å². The number of rotatable bonds is 8. The molecule has 3 rings (SSSR count). The van der Waals surface area contributed by atoms with E-state index in [1.165, 1.54) is 0 Å². The fraction of sp³-hybridized carbons (Fsp3) is 0.364. The second kappa shape index (κ2) is 9.78. The van der Waals surface area contributed by atoms with E-state index in [2.05, 4.69) is 0 Å². The van der Waals surface area contributed by atoms with Gasteiger partial charge in [-0.15, -0.1) is 0 Å². The maximum Gasteiger partial charge on any atom is 0.303 e. The third kappa shape index (κ3) is 6.01. The van der Waals surface area contributed by atoms with Gasteiger partial charge in [-0.1, -0.05) is 30.3 Å². The molecular weight excluding hydrogens is 358 g/mol. The predicted molar refractivity (Wildman–Crippen MR) is 104 cm³/mol. The molecule has 148 valence electrons. The molecule has 0 spiro atoms. The van der Waals surface area contributed by atoms with Gasteiger partial charge < -0.3 is 19.5 Å². The van der Waals surface area contributed by atoms with Crippen LogP contribution in [0, 0.1) is 5.92 Å². The highest BCUT2D eigenvalue weighted by molar-refractivity contribution is 5.78. The summed E-state index contributed by atoms with van der Waals surface area (Å²) in [6.45, 7) is 1.66. The molecule has 1 aliphatic heterocycles. The monoisotopic (exact) mass is 383 g/mol. The molecular formula is C22H25NO5. The zero-order chi connectivity index (χ0) is 19.8. The Hall–Kier alpha value is -3.02. The molecule has 1 N–H and O–H groups in total. The number of hydrogen-bond donors (Lipinski definition) is 1. The van der Waals surface area contributed by atoms with Gasteiger partial charge in [0.05, 0.1) is 0 Å². The summed E-state index contributed by atoms with van der Waals surface area (Å²) in [5.41, 5.74) is 1.10. The predicted octanol–water partition coefficient (Wildman–Crippen LogP) is 3.36. The SMILES string of the molecule is O=C(O)CC1CCN(C(=O)COc2ccc(OCc3ccccc3)cc2)CC1. The number of nitrogens with zero attached hydrogens (tertiary/aromatic N) is 1. The first-order valence-corrected chi connectivity index (χ1v) is 9.49. The minimum absolute atomic E-state index is 0.0200. The lowest BCUT2D eigenvalue weighted by atomic mass is 9.94. The molecule has 1 amide bonds. The summed E-state index contributed by atoms with van der Waals surface area (Å²) < 4.78 is 11.3. The highest BCUT2D eigenvalue weighted by Crippen LogP contribution is 2.21. The van der Waals surface area contributed by atoms with E-state index in [0.29, 0.717) is 25.4 Å². The normalized spacial score (nSPS) is 14.5. The largest absolute Gasteiger partial charge is 0.489 e. The number of carbonyl (C=O) groups is 2. The molecule has 0 aromatic heterocycles. The van der Waals surface area contributed by atoms with Gasteiger partial charge in [-0.3, -0.25) is 9.59 Å². The highest BCUT2D eigenvalue weighted by Gasteiger charge is 2.24. The van der Waals surface area contributed by atoms with E-state index in [-0.39, 0.29) is 24.9 Å². The Kier molecular flexibility index (Phi) is 6.89. The fourth-order valence-electron chi connectivity index (χ4n) is 3.24. The van der Waals surface area contributed by atoms with Gasteiger partial charge in [0.2, 0.25) is 0 Å². The average molecular weight is 383 g/mol. The molecule has 6 nitrogen and oxygen atoms in total. The number of carbonyl (C=O) groups excluding carboxylic acids is 1. The molecule has 0 atom stereocenters. The van der Waals surface area contributed by atoms with E-state index < -0.39 is 5.97 Å². The van der Waals surface area contributed by atoms with E-state index in [1.807, 2.05) is 42.5 Å². The summed E-state index contributed by atoms with van der Waals surface area (Å²) >= 11 is 0. The summed E-state index contributed by atoms with van der Waals surface area (Å²) in [6, 6.07) is 17.1. The smallest absolute Gasteiger partial charge is 0.303 e. The van der Waals surface area contributed by atoms with Gasteiger partial charge >= 0.3 is 5.97 Å². The second-order valence-electron chi connectivity index (χ2n) is 6.96. The Morgan fingerprint density at radius 3 is 2.14 bits per heavy atom. The zero-order valence-electron chi connectivity index (χ0n) is 15.8. The van der Waals surface area contributed by atoms with Gasteiger partial charge in [-0.25, -0.2) is 0 Å². The van der Waals surface area contributed by atoms with Gasteiger partial charge in [0.15, 0.2) is 6.61 Å². The summed E-state index contributed by atoms with van der Waals surface area (Å²) in [6.07, 6.45) is 1.63. The van der Waals surface area contributed by atoms with Gasteiger partial charge in [-0.05, 0) is 48.6 Å². The van der Waals surface area contributed by atoms with Crippen LogP contribution in [0.5, 0.6) is 11.5 Å². The van der Waals surface area contributed by atoms with E-state index in [1.54, 1.807) is 17.0 Å². The van der Waals surface area contributed by atoms with Crippen molar-refractivity contribution in [3.8, 4) is 11.5 Å². The van der Waals surface area contributed by atoms with Crippen molar-refractivity contribution in [2.45, 2.75) is 25.9 Å². The Morgan fingerprint density at radius 2 is 1.54 bits per heavy atom. The zero-order valence-corrected chi connectivity index (χ0v) is 15.8. The molecule has 1 saturated heterocycles. The lowest BCUT2D eigenvalue weighted by molar-refractivity contribution is -0.139. The van der Waals surface area contributed by atoms with Crippen LogP contribution in [0.1, 0.15) is 24.8 Å². The average Bonchev–Trinajstić information content (AvgIpc) is 2.72. The van der Waals surface area contributed by atoms with Gasteiger partial charge in [0.1, 0.15) is 18.1 Å². The minimum Gasteiger partial charge on any atom is -0.489 e. The maximum absolute atomic E-state index is 12.3. The van der Waals surface area contributed by atoms with Crippen molar-refractivity contribution in [1.29, 1.82) is 0 Å². The maximum atomic E-state index is 12.3. The molecule has 6 heteroatoms. The molecule has 0 saturated carbocycles. The van der Waals surface area contributed by atoms with Crippen molar-refractivity contribution in [2.75, 3.05) is 19.7 Å².